The van der Waals surface area contributed by atoms with Gasteiger partial charge in [0.25, 0.3) is 0 Å². The molecular formula is C47H86O22P4. The van der Waals surface area contributed by atoms with E-state index in [1.165, 1.54) is 77.0 Å². The first-order valence-electron chi connectivity index (χ1n) is 25.7. The molecule has 426 valence electrons. The Bertz CT molecular complexity index is 1770. The average Bonchev–Trinajstić information content (AvgIpc) is 3.30. The highest BCUT2D eigenvalue weighted by molar-refractivity contribution is 7.47. The molecule has 1 aliphatic rings. The van der Waals surface area contributed by atoms with Gasteiger partial charge in [-0.15, -0.1) is 0 Å². The third kappa shape index (κ3) is 37.6. The lowest BCUT2D eigenvalue weighted by Crippen LogP contribution is -2.65. The Morgan fingerprint density at radius 3 is 1.26 bits per heavy atom. The van der Waals surface area contributed by atoms with Crippen LogP contribution >= 0.6 is 31.3 Å². The molecule has 1 rings (SSSR count). The van der Waals surface area contributed by atoms with E-state index in [2.05, 4.69) is 57.8 Å². The lowest BCUT2D eigenvalue weighted by atomic mass is 9.85. The monoisotopic (exact) mass is 1130 g/mol. The SMILES string of the molecule is CCCCCCCC/C=C\C/C=C\C/C=C\CCCC(=O)O[C@H](COC(=O)CCCCCCC/C=C\CCCCCCCC)COP(=O)(O)OC1C(O)C(OP(=O)(O)O)C(OP(=O)(O)O)[C@@H](OP(=O)(O)O)C1O. The zero-order chi connectivity index (χ0) is 54.6. The molecule has 6 unspecified atom stereocenters. The number of carbonyl (C=O) groups excluding carboxylic acids is 2. The van der Waals surface area contributed by atoms with Gasteiger partial charge in [-0.3, -0.25) is 32.2 Å². The number of hydrogen-bond acceptors (Lipinski definition) is 15. The van der Waals surface area contributed by atoms with Crippen molar-refractivity contribution in [3.63, 3.8) is 0 Å². The van der Waals surface area contributed by atoms with Crippen LogP contribution in [0.2, 0.25) is 0 Å². The molecule has 1 aliphatic carbocycles. The van der Waals surface area contributed by atoms with Gasteiger partial charge in [-0.2, -0.15) is 0 Å². The summed E-state index contributed by atoms with van der Waals surface area (Å²) in [5.74, 6) is -1.47. The number of carbonyl (C=O) groups is 2. The van der Waals surface area contributed by atoms with E-state index in [1.54, 1.807) is 0 Å². The molecule has 9 N–H and O–H groups in total. The van der Waals surface area contributed by atoms with Gasteiger partial charge in [0.2, 0.25) is 0 Å². The quantitative estimate of drug-likeness (QED) is 0.0119. The van der Waals surface area contributed by atoms with E-state index < -0.39 is 99.2 Å². The molecule has 22 nitrogen and oxygen atoms in total. The Morgan fingerprint density at radius 2 is 0.808 bits per heavy atom. The van der Waals surface area contributed by atoms with Crippen LogP contribution in [0.1, 0.15) is 181 Å². The summed E-state index contributed by atoms with van der Waals surface area (Å²) in [6.07, 6.45) is 23.2. The van der Waals surface area contributed by atoms with Crippen molar-refractivity contribution in [3.8, 4) is 0 Å². The molecule has 0 bridgehead atoms. The van der Waals surface area contributed by atoms with Crippen LogP contribution in [0.5, 0.6) is 0 Å². The van der Waals surface area contributed by atoms with Crippen molar-refractivity contribution >= 4 is 43.2 Å². The number of phosphoric ester groups is 4. The molecule has 0 saturated heterocycles. The number of esters is 2. The molecule has 0 aromatic rings. The number of aliphatic hydroxyl groups excluding tert-OH is 2. The number of rotatable bonds is 44. The van der Waals surface area contributed by atoms with Gasteiger partial charge in [0, 0.05) is 12.8 Å². The van der Waals surface area contributed by atoms with Crippen LogP contribution in [0.15, 0.2) is 48.6 Å². The van der Waals surface area contributed by atoms with Gasteiger partial charge in [0.15, 0.2) is 6.10 Å². The van der Waals surface area contributed by atoms with Gasteiger partial charge in [0.05, 0.1) is 6.61 Å². The van der Waals surface area contributed by atoms with E-state index in [0.717, 1.165) is 51.4 Å². The van der Waals surface area contributed by atoms with Crippen LogP contribution in [0.4, 0.5) is 0 Å². The third-order valence-corrected chi connectivity index (χ3v) is 13.9. The highest BCUT2D eigenvalue weighted by atomic mass is 31.2. The van der Waals surface area contributed by atoms with Crippen LogP contribution in [0, 0.1) is 0 Å². The normalized spacial score (nSPS) is 21.4. The molecule has 8 atom stereocenters. The maximum atomic E-state index is 13.3. The zero-order valence-electron chi connectivity index (χ0n) is 42.6. The average molecular weight is 1130 g/mol. The highest BCUT2D eigenvalue weighted by Crippen LogP contribution is 2.53. The number of ether oxygens (including phenoxy) is 2. The minimum absolute atomic E-state index is 0.0125. The second-order valence-corrected chi connectivity index (χ2v) is 22.9. The predicted molar refractivity (Wildman–Crippen MR) is 272 cm³/mol. The van der Waals surface area contributed by atoms with Crippen molar-refractivity contribution < 1.29 is 104 Å². The van der Waals surface area contributed by atoms with Crippen LogP contribution in [0.3, 0.4) is 0 Å². The van der Waals surface area contributed by atoms with E-state index >= 15 is 0 Å². The van der Waals surface area contributed by atoms with E-state index in [1.807, 2.05) is 18.2 Å². The van der Waals surface area contributed by atoms with E-state index in [-0.39, 0.29) is 12.8 Å². The van der Waals surface area contributed by atoms with Crippen molar-refractivity contribution in [2.45, 2.75) is 224 Å². The Hall–Kier alpha value is -1.74. The number of allylic oxidation sites excluding steroid dienone is 8. The molecule has 0 heterocycles. The fraction of sp³-hybridized carbons (Fsp3) is 0.787. The van der Waals surface area contributed by atoms with Crippen molar-refractivity contribution in [3.05, 3.63) is 48.6 Å². The zero-order valence-corrected chi connectivity index (χ0v) is 46.2. The first-order valence-corrected chi connectivity index (χ1v) is 31.8. The topological polar surface area (TPSA) is 349 Å². The Kier molecular flexibility index (Phi) is 37.6. The summed E-state index contributed by atoms with van der Waals surface area (Å²) in [6.45, 7) is 2.71. The minimum atomic E-state index is -5.80. The van der Waals surface area contributed by atoms with Gasteiger partial charge in [0.1, 0.15) is 43.2 Å². The summed E-state index contributed by atoms with van der Waals surface area (Å²) in [5, 5.41) is 21.9. The van der Waals surface area contributed by atoms with Crippen LogP contribution in [-0.2, 0) is 59.9 Å². The molecule has 0 aromatic heterocycles. The van der Waals surface area contributed by atoms with Crippen molar-refractivity contribution in [1.29, 1.82) is 0 Å². The molecule has 1 fully saturated rings. The predicted octanol–water partition coefficient (Wildman–Crippen LogP) is 9.52. The Labute approximate surface area is 431 Å². The van der Waals surface area contributed by atoms with Gasteiger partial charge in [-0.25, -0.2) is 18.3 Å². The Balaban J connectivity index is 2.91. The highest BCUT2D eigenvalue weighted by Gasteiger charge is 2.59. The van der Waals surface area contributed by atoms with E-state index in [0.29, 0.717) is 25.7 Å². The smallest absolute Gasteiger partial charge is 0.462 e. The fourth-order valence-corrected chi connectivity index (χ4v) is 10.3. The maximum absolute atomic E-state index is 13.3. The fourth-order valence-electron chi connectivity index (χ4n) is 7.62. The maximum Gasteiger partial charge on any atom is 0.472 e. The molecular weight excluding hydrogens is 1040 g/mol. The second kappa shape index (κ2) is 39.6. The van der Waals surface area contributed by atoms with Crippen LogP contribution < -0.4 is 0 Å². The lowest BCUT2D eigenvalue weighted by Gasteiger charge is -2.45. The number of unbranched alkanes of at least 4 members (excludes halogenated alkanes) is 18. The van der Waals surface area contributed by atoms with Gasteiger partial charge in [-0.05, 0) is 70.6 Å². The molecule has 26 heteroatoms. The van der Waals surface area contributed by atoms with Gasteiger partial charge in [-0.1, -0.05) is 146 Å². The molecule has 0 radical (unpaired) electrons. The first-order chi connectivity index (χ1) is 34.5. The lowest BCUT2D eigenvalue weighted by molar-refractivity contribution is -0.209. The standard InChI is InChI=1S/C47H86O22P4/c1-3-5-7-9-11-13-15-17-19-20-22-24-26-28-30-32-34-36-41(49)65-39(37-63-40(48)35-33-31-29-27-25-23-21-18-16-14-12-10-8-6-4-2)38-64-73(61,62)69-44-42(50)45(66-70(52,53)54)47(68-72(58,59)60)46(43(44)51)67-71(55,56)57/h17-19,21-22,24,28,30,39,42-47,50-51H,3-16,20,23,25-27,29,31-38H2,1-2H3,(H,61,62)(H2,52,53,54)(H2,55,56,57)(H2,58,59,60)/b19-17-,21-18-,24-22-,30-28-/t39-,42?,43?,44?,45+,46?,47?/m1/s1. The molecule has 0 spiro atoms. The van der Waals surface area contributed by atoms with Crippen molar-refractivity contribution in [1.82, 2.24) is 0 Å². The number of phosphoric acid groups is 4. The summed E-state index contributed by atoms with van der Waals surface area (Å²) in [7, 11) is -23.1. The molecule has 73 heavy (non-hydrogen) atoms. The van der Waals surface area contributed by atoms with Gasteiger partial charge >= 0.3 is 43.2 Å². The number of aliphatic hydroxyl groups is 2. The third-order valence-electron chi connectivity index (χ3n) is 11.3. The largest absolute Gasteiger partial charge is 0.472 e. The molecule has 0 amide bonds. The van der Waals surface area contributed by atoms with E-state index in [4.69, 9.17) is 18.5 Å². The summed E-state index contributed by atoms with van der Waals surface area (Å²) in [4.78, 5) is 92.9. The summed E-state index contributed by atoms with van der Waals surface area (Å²) >= 11 is 0. The second-order valence-electron chi connectivity index (χ2n) is 18.0. The summed E-state index contributed by atoms with van der Waals surface area (Å²) < 4.78 is 82.2. The minimum Gasteiger partial charge on any atom is -0.462 e. The number of hydrogen-bond donors (Lipinski definition) is 9. The first kappa shape index (κ1) is 69.3. The van der Waals surface area contributed by atoms with E-state index in [9.17, 15) is 72.3 Å². The van der Waals surface area contributed by atoms with Crippen molar-refractivity contribution in [2.24, 2.45) is 0 Å². The van der Waals surface area contributed by atoms with Crippen molar-refractivity contribution in [2.75, 3.05) is 13.2 Å². The van der Waals surface area contributed by atoms with Crippen LogP contribution in [0.25, 0.3) is 0 Å². The van der Waals surface area contributed by atoms with Crippen LogP contribution in [-0.4, -0.2) is 112 Å². The molecule has 1 saturated carbocycles. The Morgan fingerprint density at radius 1 is 0.438 bits per heavy atom. The van der Waals surface area contributed by atoms with Gasteiger partial charge < -0.3 is 53.9 Å². The molecule has 0 aliphatic heterocycles. The summed E-state index contributed by atoms with van der Waals surface area (Å²) in [6, 6.07) is 0. The molecule has 0 aromatic carbocycles. The summed E-state index contributed by atoms with van der Waals surface area (Å²) in [5.41, 5.74) is 0.